The standard InChI is InChI=1S/C12H22N2O/c1-10(2)13-4-3-12(7-13)8-14(9-12)11-5-15-6-11/h10-11H,3-9H2,1-2H3. The van der Waals surface area contributed by atoms with Crippen LogP contribution in [0.3, 0.4) is 0 Å². The van der Waals surface area contributed by atoms with E-state index in [4.69, 9.17) is 4.74 Å². The van der Waals surface area contributed by atoms with Crippen molar-refractivity contribution in [3.8, 4) is 0 Å². The fourth-order valence-electron chi connectivity index (χ4n) is 3.18. The third-order valence-electron chi connectivity index (χ3n) is 4.41. The molecular weight excluding hydrogens is 188 g/mol. The van der Waals surface area contributed by atoms with Gasteiger partial charge in [0, 0.05) is 31.1 Å². The highest BCUT2D eigenvalue weighted by molar-refractivity contribution is 5.04. The molecule has 0 radical (unpaired) electrons. The van der Waals surface area contributed by atoms with Crippen LogP contribution in [0.4, 0.5) is 0 Å². The smallest absolute Gasteiger partial charge is 0.0645 e. The van der Waals surface area contributed by atoms with Gasteiger partial charge in [0.1, 0.15) is 0 Å². The zero-order chi connectivity index (χ0) is 10.5. The zero-order valence-corrected chi connectivity index (χ0v) is 9.91. The lowest BCUT2D eigenvalue weighted by molar-refractivity contribution is -0.127. The molecule has 86 valence electrons. The second-order valence-electron chi connectivity index (χ2n) is 5.91. The molecule has 3 aliphatic rings. The molecule has 0 atom stereocenters. The Hall–Kier alpha value is -0.120. The van der Waals surface area contributed by atoms with E-state index in [1.807, 2.05) is 0 Å². The first-order valence-corrected chi connectivity index (χ1v) is 6.24. The van der Waals surface area contributed by atoms with Gasteiger partial charge in [-0.25, -0.2) is 0 Å². The summed E-state index contributed by atoms with van der Waals surface area (Å²) in [7, 11) is 0. The highest BCUT2D eigenvalue weighted by Gasteiger charge is 2.50. The summed E-state index contributed by atoms with van der Waals surface area (Å²) >= 11 is 0. The van der Waals surface area contributed by atoms with Crippen LogP contribution in [0.15, 0.2) is 0 Å². The van der Waals surface area contributed by atoms with E-state index in [2.05, 4.69) is 23.6 Å². The molecule has 0 aromatic carbocycles. The van der Waals surface area contributed by atoms with Crippen LogP contribution in [-0.4, -0.2) is 61.3 Å². The molecule has 3 heterocycles. The Kier molecular flexibility index (Phi) is 2.31. The molecule has 0 unspecified atom stereocenters. The third-order valence-corrected chi connectivity index (χ3v) is 4.41. The van der Waals surface area contributed by atoms with Gasteiger partial charge in [-0.05, 0) is 26.8 Å². The summed E-state index contributed by atoms with van der Waals surface area (Å²) in [6.45, 7) is 11.9. The molecule has 3 heteroatoms. The van der Waals surface area contributed by atoms with Crippen molar-refractivity contribution in [1.29, 1.82) is 0 Å². The quantitative estimate of drug-likeness (QED) is 0.670. The Morgan fingerprint density at radius 1 is 1.20 bits per heavy atom. The van der Waals surface area contributed by atoms with Crippen molar-refractivity contribution in [2.45, 2.75) is 32.4 Å². The SMILES string of the molecule is CC(C)N1CCC2(C1)CN(C1COC1)C2. The van der Waals surface area contributed by atoms with E-state index in [-0.39, 0.29) is 0 Å². The minimum absolute atomic E-state index is 0.653. The molecule has 0 aromatic heterocycles. The summed E-state index contributed by atoms with van der Waals surface area (Å²) in [4.78, 5) is 5.25. The topological polar surface area (TPSA) is 15.7 Å². The van der Waals surface area contributed by atoms with Crippen molar-refractivity contribution in [3.63, 3.8) is 0 Å². The van der Waals surface area contributed by atoms with Crippen LogP contribution in [0, 0.1) is 5.41 Å². The third kappa shape index (κ3) is 1.61. The molecule has 0 bridgehead atoms. The monoisotopic (exact) mass is 210 g/mol. The van der Waals surface area contributed by atoms with Gasteiger partial charge in [0.05, 0.1) is 19.3 Å². The Morgan fingerprint density at radius 3 is 2.40 bits per heavy atom. The maximum absolute atomic E-state index is 5.25. The van der Waals surface area contributed by atoms with Crippen LogP contribution in [0.5, 0.6) is 0 Å². The molecule has 0 aromatic rings. The molecule has 3 aliphatic heterocycles. The molecule has 0 aliphatic carbocycles. The van der Waals surface area contributed by atoms with Crippen molar-refractivity contribution in [2.24, 2.45) is 5.41 Å². The van der Waals surface area contributed by atoms with Gasteiger partial charge >= 0.3 is 0 Å². The van der Waals surface area contributed by atoms with E-state index in [0.717, 1.165) is 25.3 Å². The van der Waals surface area contributed by atoms with Crippen molar-refractivity contribution in [2.75, 3.05) is 39.4 Å². The van der Waals surface area contributed by atoms with E-state index in [1.54, 1.807) is 0 Å². The molecule has 3 nitrogen and oxygen atoms in total. The minimum Gasteiger partial charge on any atom is -0.378 e. The van der Waals surface area contributed by atoms with Gasteiger partial charge < -0.3 is 9.64 Å². The van der Waals surface area contributed by atoms with Gasteiger partial charge in [-0.2, -0.15) is 0 Å². The maximum atomic E-state index is 5.25. The molecule has 3 fully saturated rings. The van der Waals surface area contributed by atoms with Gasteiger partial charge in [0.15, 0.2) is 0 Å². The van der Waals surface area contributed by atoms with Gasteiger partial charge in [-0.3, -0.25) is 4.90 Å². The van der Waals surface area contributed by atoms with Crippen LogP contribution in [0.25, 0.3) is 0 Å². The first-order valence-electron chi connectivity index (χ1n) is 6.24. The first kappa shape index (κ1) is 10.1. The number of ether oxygens (including phenoxy) is 1. The number of likely N-dealkylation sites (tertiary alicyclic amines) is 2. The lowest BCUT2D eigenvalue weighted by Gasteiger charge is -2.53. The number of hydrogen-bond donors (Lipinski definition) is 0. The van der Waals surface area contributed by atoms with Crippen LogP contribution in [0.2, 0.25) is 0 Å². The molecule has 3 rings (SSSR count). The van der Waals surface area contributed by atoms with Crippen molar-refractivity contribution >= 4 is 0 Å². The average Bonchev–Trinajstić information content (AvgIpc) is 2.44. The Bertz CT molecular complexity index is 244. The summed E-state index contributed by atoms with van der Waals surface area (Å²) < 4.78 is 5.25. The predicted molar refractivity (Wildman–Crippen MR) is 59.9 cm³/mol. The van der Waals surface area contributed by atoms with Gasteiger partial charge in [0.2, 0.25) is 0 Å². The molecule has 3 saturated heterocycles. The van der Waals surface area contributed by atoms with E-state index >= 15 is 0 Å². The van der Waals surface area contributed by atoms with Gasteiger partial charge in [-0.1, -0.05) is 0 Å². The molecular formula is C12H22N2O. The normalized spacial score (nSPS) is 32.2. The van der Waals surface area contributed by atoms with Crippen LogP contribution in [0.1, 0.15) is 20.3 Å². The van der Waals surface area contributed by atoms with Crippen molar-refractivity contribution in [1.82, 2.24) is 9.80 Å². The molecule has 0 saturated carbocycles. The van der Waals surface area contributed by atoms with Crippen LogP contribution in [-0.2, 0) is 4.74 Å². The second-order valence-corrected chi connectivity index (χ2v) is 5.91. The summed E-state index contributed by atoms with van der Waals surface area (Å²) in [6.07, 6.45) is 1.41. The number of nitrogens with zero attached hydrogens (tertiary/aromatic N) is 2. The molecule has 15 heavy (non-hydrogen) atoms. The molecule has 0 N–H and O–H groups in total. The first-order chi connectivity index (χ1) is 7.19. The van der Waals surface area contributed by atoms with Gasteiger partial charge in [-0.15, -0.1) is 0 Å². The highest BCUT2D eigenvalue weighted by atomic mass is 16.5. The maximum Gasteiger partial charge on any atom is 0.0645 e. The largest absolute Gasteiger partial charge is 0.378 e. The summed E-state index contributed by atoms with van der Waals surface area (Å²) in [5.41, 5.74) is 0.653. The van der Waals surface area contributed by atoms with E-state index in [0.29, 0.717) is 5.41 Å². The fourth-order valence-corrected chi connectivity index (χ4v) is 3.18. The van der Waals surface area contributed by atoms with Crippen LogP contribution < -0.4 is 0 Å². The zero-order valence-electron chi connectivity index (χ0n) is 9.91. The summed E-state index contributed by atoms with van der Waals surface area (Å²) in [6, 6.07) is 1.48. The number of hydrogen-bond acceptors (Lipinski definition) is 3. The van der Waals surface area contributed by atoms with E-state index in [9.17, 15) is 0 Å². The molecule has 1 spiro atoms. The molecule has 0 amide bonds. The van der Waals surface area contributed by atoms with E-state index < -0.39 is 0 Å². The van der Waals surface area contributed by atoms with Crippen molar-refractivity contribution in [3.05, 3.63) is 0 Å². The minimum atomic E-state index is 0.653. The Balaban J connectivity index is 1.52. The Morgan fingerprint density at radius 2 is 1.93 bits per heavy atom. The predicted octanol–water partition coefficient (Wildman–Crippen LogP) is 0.801. The lowest BCUT2D eigenvalue weighted by Crippen LogP contribution is -2.65. The lowest BCUT2D eigenvalue weighted by atomic mass is 9.78. The Labute approximate surface area is 92.4 Å². The second kappa shape index (κ2) is 3.44. The van der Waals surface area contributed by atoms with E-state index in [1.165, 1.54) is 32.6 Å². The summed E-state index contributed by atoms with van der Waals surface area (Å²) in [5, 5.41) is 0. The average molecular weight is 210 g/mol. The van der Waals surface area contributed by atoms with Gasteiger partial charge in [0.25, 0.3) is 0 Å². The van der Waals surface area contributed by atoms with Crippen LogP contribution >= 0.6 is 0 Å². The highest BCUT2D eigenvalue weighted by Crippen LogP contribution is 2.41. The fraction of sp³-hybridized carbons (Fsp3) is 1.00. The summed E-state index contributed by atoms with van der Waals surface area (Å²) in [5.74, 6) is 0. The number of rotatable bonds is 2. The van der Waals surface area contributed by atoms with Crippen molar-refractivity contribution < 1.29 is 4.74 Å².